The van der Waals surface area contributed by atoms with Gasteiger partial charge >= 0.3 is 5.92 Å². The number of carbonyl (C=O) groups is 2. The lowest BCUT2D eigenvalue weighted by Gasteiger charge is -2.18. The average Bonchev–Trinajstić information content (AvgIpc) is 3.63. The van der Waals surface area contributed by atoms with Crippen LogP contribution in [0, 0.1) is 5.92 Å². The summed E-state index contributed by atoms with van der Waals surface area (Å²) in [6.45, 7) is 3.17. The van der Waals surface area contributed by atoms with E-state index < -0.39 is 23.7 Å². The van der Waals surface area contributed by atoms with E-state index in [0.29, 0.717) is 30.1 Å². The zero-order chi connectivity index (χ0) is 35.9. The van der Waals surface area contributed by atoms with Crippen molar-refractivity contribution in [2.75, 3.05) is 39.1 Å². The Kier molecular flexibility index (Phi) is 14.4. The first-order valence-corrected chi connectivity index (χ1v) is 17.0. The van der Waals surface area contributed by atoms with E-state index in [2.05, 4.69) is 35.7 Å². The molecule has 268 valence electrons. The standard InChI is InChI=1S/C30H33F2N7O3.C7H15N/c1-30(31,32)29-36-27(37-38-29)21-8-11-24(12-9-21)35-28(41)25(34-19-40)17-20-6-4-7-22(16-20)23-10-13-26(33-18-23)42-15-5-14-39(2)3;8-6-7-4-2-1-3-5-7/h4,6-13,16,18-19,25H,5,14-15,17H2,1-3H3,(H,34,40)(H,35,41)(H,36,37,38);7H,1-6,8H2/t25-;/m0./s1. The molecule has 1 fully saturated rings. The fourth-order valence-electron chi connectivity index (χ4n) is 5.56. The van der Waals surface area contributed by atoms with Gasteiger partial charge < -0.3 is 26.0 Å². The summed E-state index contributed by atoms with van der Waals surface area (Å²) >= 11 is 0. The summed E-state index contributed by atoms with van der Waals surface area (Å²) in [6.07, 6.45) is 10.4. The number of benzene rings is 2. The van der Waals surface area contributed by atoms with Crippen molar-refractivity contribution >= 4 is 18.0 Å². The lowest BCUT2D eigenvalue weighted by Crippen LogP contribution is -2.41. The molecule has 0 unspecified atom stereocenters. The van der Waals surface area contributed by atoms with E-state index in [4.69, 9.17) is 10.5 Å². The topological polar surface area (TPSA) is 151 Å². The number of aromatic amines is 1. The number of pyridine rings is 1. The highest BCUT2D eigenvalue weighted by molar-refractivity contribution is 5.96. The molecule has 13 heteroatoms. The predicted molar refractivity (Wildman–Crippen MR) is 191 cm³/mol. The van der Waals surface area contributed by atoms with Crippen LogP contribution in [-0.2, 0) is 21.9 Å². The number of aromatic nitrogens is 4. The first kappa shape index (κ1) is 38.1. The molecule has 50 heavy (non-hydrogen) atoms. The molecule has 2 aromatic carbocycles. The summed E-state index contributed by atoms with van der Waals surface area (Å²) in [5.41, 5.74) is 9.11. The van der Waals surface area contributed by atoms with Gasteiger partial charge in [0.2, 0.25) is 18.2 Å². The predicted octanol–water partition coefficient (Wildman–Crippen LogP) is 5.80. The molecule has 2 amide bonds. The molecule has 0 aliphatic heterocycles. The first-order valence-electron chi connectivity index (χ1n) is 17.0. The third kappa shape index (κ3) is 12.0. The maximum absolute atomic E-state index is 13.5. The van der Waals surface area contributed by atoms with Crippen LogP contribution in [0.2, 0.25) is 0 Å². The Labute approximate surface area is 292 Å². The Morgan fingerprint density at radius 2 is 1.82 bits per heavy atom. The van der Waals surface area contributed by atoms with E-state index in [0.717, 1.165) is 49.0 Å². The molecule has 1 saturated carbocycles. The van der Waals surface area contributed by atoms with Gasteiger partial charge in [-0.2, -0.15) is 13.9 Å². The van der Waals surface area contributed by atoms with Crippen LogP contribution in [0.4, 0.5) is 14.5 Å². The number of H-pyrrole nitrogens is 1. The summed E-state index contributed by atoms with van der Waals surface area (Å²) in [6, 6.07) is 17.0. The average molecular weight is 691 g/mol. The van der Waals surface area contributed by atoms with Gasteiger partial charge in [0.25, 0.3) is 0 Å². The smallest absolute Gasteiger partial charge is 0.303 e. The fourth-order valence-corrected chi connectivity index (χ4v) is 5.56. The summed E-state index contributed by atoms with van der Waals surface area (Å²) in [5, 5.41) is 11.4. The van der Waals surface area contributed by atoms with Gasteiger partial charge in [0, 0.05) is 49.0 Å². The summed E-state index contributed by atoms with van der Waals surface area (Å²) in [4.78, 5) is 34.7. The number of nitrogens with zero attached hydrogens (tertiary/aromatic N) is 4. The van der Waals surface area contributed by atoms with Gasteiger partial charge in [0.1, 0.15) is 6.04 Å². The van der Waals surface area contributed by atoms with Crippen molar-refractivity contribution < 1.29 is 23.1 Å². The number of carbonyl (C=O) groups excluding carboxylic acids is 2. The lowest BCUT2D eigenvalue weighted by molar-refractivity contribution is -0.121. The molecule has 0 saturated heterocycles. The molecule has 2 aromatic heterocycles. The van der Waals surface area contributed by atoms with Crippen molar-refractivity contribution in [3.05, 3.63) is 78.2 Å². The van der Waals surface area contributed by atoms with Crippen LogP contribution in [-0.4, -0.2) is 77.2 Å². The van der Waals surface area contributed by atoms with E-state index in [-0.39, 0.29) is 12.2 Å². The number of hydrogen-bond acceptors (Lipinski definition) is 8. The van der Waals surface area contributed by atoms with Crippen LogP contribution in [0.15, 0.2) is 66.9 Å². The second-order valence-corrected chi connectivity index (χ2v) is 12.8. The zero-order valence-corrected chi connectivity index (χ0v) is 29.0. The summed E-state index contributed by atoms with van der Waals surface area (Å²) in [5.74, 6) is -2.55. The van der Waals surface area contributed by atoms with Crippen LogP contribution in [0.25, 0.3) is 22.5 Å². The van der Waals surface area contributed by atoms with Crippen LogP contribution in [0.5, 0.6) is 5.88 Å². The highest BCUT2D eigenvalue weighted by atomic mass is 19.3. The second kappa shape index (κ2) is 18.9. The molecule has 0 bridgehead atoms. The normalized spacial score (nSPS) is 14.0. The van der Waals surface area contributed by atoms with Gasteiger partial charge in [-0.3, -0.25) is 14.7 Å². The Morgan fingerprint density at radius 3 is 2.42 bits per heavy atom. The van der Waals surface area contributed by atoms with Gasteiger partial charge in [-0.05, 0) is 87.3 Å². The van der Waals surface area contributed by atoms with E-state index in [1.165, 1.54) is 32.1 Å². The Balaban J connectivity index is 0.000000616. The quantitative estimate of drug-likeness (QED) is 0.0904. The van der Waals surface area contributed by atoms with Gasteiger partial charge in [-0.25, -0.2) is 9.97 Å². The molecule has 1 aliphatic rings. The molecule has 5 rings (SSSR count). The maximum atomic E-state index is 13.5. The molecular weight excluding hydrogens is 642 g/mol. The molecule has 4 aromatic rings. The summed E-state index contributed by atoms with van der Waals surface area (Å²) < 4.78 is 32.6. The minimum absolute atomic E-state index is 0.113. The number of amides is 2. The summed E-state index contributed by atoms with van der Waals surface area (Å²) in [7, 11) is 4.03. The van der Waals surface area contributed by atoms with Crippen molar-refractivity contribution in [2.24, 2.45) is 11.7 Å². The zero-order valence-electron chi connectivity index (χ0n) is 29.0. The van der Waals surface area contributed by atoms with E-state index in [1.54, 1.807) is 30.5 Å². The van der Waals surface area contributed by atoms with Crippen molar-refractivity contribution in [2.45, 2.75) is 63.8 Å². The van der Waals surface area contributed by atoms with Gasteiger partial charge in [0.05, 0.1) is 6.61 Å². The molecule has 0 spiro atoms. The third-order valence-electron chi connectivity index (χ3n) is 8.39. The SMILES string of the molecule is CN(C)CCCOc1ccc(-c2cccc(C[C@H](NC=O)C(=O)Nc3ccc(-c4n[nH]c(C(C)(F)F)n4)cc3)c2)cn1.NCC1CCCCC1. The van der Waals surface area contributed by atoms with Gasteiger partial charge in [0.15, 0.2) is 11.6 Å². The number of nitrogens with two attached hydrogens (primary N) is 1. The minimum atomic E-state index is -3.14. The lowest BCUT2D eigenvalue weighted by atomic mass is 9.90. The maximum Gasteiger partial charge on any atom is 0.303 e. The van der Waals surface area contributed by atoms with Crippen molar-refractivity contribution in [3.8, 4) is 28.4 Å². The van der Waals surface area contributed by atoms with E-state index >= 15 is 0 Å². The van der Waals surface area contributed by atoms with Crippen molar-refractivity contribution in [1.29, 1.82) is 0 Å². The largest absolute Gasteiger partial charge is 0.478 e. The molecule has 2 heterocycles. The Morgan fingerprint density at radius 1 is 1.08 bits per heavy atom. The number of nitrogens with one attached hydrogen (secondary N) is 3. The number of ether oxygens (including phenoxy) is 1. The highest BCUT2D eigenvalue weighted by Gasteiger charge is 2.29. The number of halogens is 2. The fraction of sp³-hybridized carbons (Fsp3) is 0.432. The van der Waals surface area contributed by atoms with Crippen LogP contribution < -0.4 is 21.1 Å². The van der Waals surface area contributed by atoms with E-state index in [1.807, 2.05) is 50.5 Å². The Bertz CT molecular complexity index is 1620. The molecular formula is C37H48F2N8O3. The van der Waals surface area contributed by atoms with Crippen LogP contribution in [0.1, 0.15) is 56.8 Å². The molecule has 0 radical (unpaired) electrons. The Hall–Kier alpha value is -4.75. The number of rotatable bonds is 15. The number of hydrogen-bond donors (Lipinski definition) is 4. The van der Waals surface area contributed by atoms with Crippen molar-refractivity contribution in [1.82, 2.24) is 30.4 Å². The van der Waals surface area contributed by atoms with Crippen LogP contribution >= 0.6 is 0 Å². The van der Waals surface area contributed by atoms with Crippen molar-refractivity contribution in [3.63, 3.8) is 0 Å². The second-order valence-electron chi connectivity index (χ2n) is 12.8. The van der Waals surface area contributed by atoms with Crippen LogP contribution in [0.3, 0.4) is 0 Å². The minimum Gasteiger partial charge on any atom is -0.478 e. The first-order chi connectivity index (χ1) is 24.0. The van der Waals surface area contributed by atoms with E-state index in [9.17, 15) is 18.4 Å². The molecule has 5 N–H and O–H groups in total. The molecule has 1 atom stereocenters. The van der Waals surface area contributed by atoms with Gasteiger partial charge in [-0.15, -0.1) is 0 Å². The highest BCUT2D eigenvalue weighted by Crippen LogP contribution is 2.27. The third-order valence-corrected chi connectivity index (χ3v) is 8.39. The van der Waals surface area contributed by atoms with Gasteiger partial charge in [-0.1, -0.05) is 43.5 Å². The monoisotopic (exact) mass is 690 g/mol. The number of anilines is 1. The number of alkyl halides is 2. The molecule has 11 nitrogen and oxygen atoms in total. The molecule has 1 aliphatic carbocycles.